The van der Waals surface area contributed by atoms with Gasteiger partial charge in [0.05, 0.1) is 12.6 Å². The first-order valence-electron chi connectivity index (χ1n) is 13.8. The van der Waals surface area contributed by atoms with Crippen molar-refractivity contribution in [3.63, 3.8) is 0 Å². The van der Waals surface area contributed by atoms with Crippen LogP contribution in [-0.2, 0) is 23.7 Å². The number of hydrogen-bond donors (Lipinski definition) is 10. The highest BCUT2D eigenvalue weighted by Crippen LogP contribution is 2.31. The molecule has 2 saturated heterocycles. The van der Waals surface area contributed by atoms with Crippen LogP contribution in [0.5, 0.6) is 0 Å². The predicted molar refractivity (Wildman–Crippen MR) is 136 cm³/mol. The van der Waals surface area contributed by atoms with Crippen LogP contribution >= 0.6 is 0 Å². The van der Waals surface area contributed by atoms with Gasteiger partial charge in [-0.3, -0.25) is 0 Å². The van der Waals surface area contributed by atoms with Crippen molar-refractivity contribution >= 4 is 0 Å². The molecule has 15 heteroatoms. The average molecular weight is 569 g/mol. The molecule has 39 heavy (non-hydrogen) atoms. The maximum atomic E-state index is 11.1. The highest BCUT2D eigenvalue weighted by molar-refractivity contribution is 5.01. The first-order chi connectivity index (χ1) is 18.5. The molecule has 3 rings (SSSR count). The van der Waals surface area contributed by atoms with Gasteiger partial charge < -0.3 is 77.3 Å². The first kappa shape index (κ1) is 32.9. The summed E-state index contributed by atoms with van der Waals surface area (Å²) in [5.74, 6) is 0. The standard InChI is InChI=1S/C24H48N4O11/c1-2-3-4-5-6-35-22-13(9-29)37-23(16(31)14(22)28)38-20-10(26)7-11(27)21(19(20)34)39-24-18(33)17(32)15(30)12(8-25)36-24/h10-24,29-34H,2-9,25-28H2,1H3/t10-,11+,12-,13-,14-,15-,16-,17+,18-,19-,20+,21-,22-,23-,24-/m1/s1. The van der Waals surface area contributed by atoms with E-state index in [1.165, 1.54) is 0 Å². The number of nitrogens with two attached hydrogens (primary N) is 4. The van der Waals surface area contributed by atoms with Crippen LogP contribution in [0.1, 0.15) is 39.0 Å². The summed E-state index contributed by atoms with van der Waals surface area (Å²) in [4.78, 5) is 0. The fourth-order valence-corrected chi connectivity index (χ4v) is 5.35. The normalized spacial score (nSPS) is 47.3. The molecule has 0 unspecified atom stereocenters. The maximum Gasteiger partial charge on any atom is 0.187 e. The third kappa shape index (κ3) is 7.63. The van der Waals surface area contributed by atoms with Crippen molar-refractivity contribution in [3.05, 3.63) is 0 Å². The minimum Gasteiger partial charge on any atom is -0.394 e. The number of ether oxygens (including phenoxy) is 5. The SMILES string of the molecule is CCCCCCO[C@H]1[C@H](N)[C@@H](O)[C@@H](O[C@@H]2[C@@H](O)[C@H](O[C@H]3O[C@H](CN)[C@@H](O)[C@H](O)[C@H]3O)[C@@H](N)C[C@H]2N)O[C@@H]1CO. The lowest BCUT2D eigenvalue weighted by Crippen LogP contribution is -2.68. The molecule has 15 atom stereocenters. The molecule has 3 fully saturated rings. The zero-order valence-corrected chi connectivity index (χ0v) is 22.4. The van der Waals surface area contributed by atoms with Crippen LogP contribution in [0, 0.1) is 0 Å². The van der Waals surface area contributed by atoms with Crippen molar-refractivity contribution in [2.45, 2.75) is 131 Å². The van der Waals surface area contributed by atoms with Gasteiger partial charge in [-0.15, -0.1) is 0 Å². The van der Waals surface area contributed by atoms with Gasteiger partial charge in [0.2, 0.25) is 0 Å². The second-order valence-electron chi connectivity index (χ2n) is 10.7. The zero-order valence-electron chi connectivity index (χ0n) is 22.4. The Kier molecular flexibility index (Phi) is 12.7. The lowest BCUT2D eigenvalue weighted by atomic mass is 9.84. The van der Waals surface area contributed by atoms with E-state index >= 15 is 0 Å². The van der Waals surface area contributed by atoms with Crippen molar-refractivity contribution in [3.8, 4) is 0 Å². The van der Waals surface area contributed by atoms with E-state index in [0.717, 1.165) is 25.7 Å². The number of rotatable bonds is 12. The Labute approximate surface area is 228 Å². The molecule has 0 bridgehead atoms. The van der Waals surface area contributed by atoms with Crippen molar-refractivity contribution in [2.75, 3.05) is 19.8 Å². The fraction of sp³-hybridized carbons (Fsp3) is 1.00. The summed E-state index contributed by atoms with van der Waals surface area (Å²) in [5.41, 5.74) is 24.3. The topological polar surface area (TPSA) is 272 Å². The second kappa shape index (κ2) is 15.0. The lowest BCUT2D eigenvalue weighted by Gasteiger charge is -2.48. The Bertz CT molecular complexity index is 726. The average Bonchev–Trinajstić information content (AvgIpc) is 2.91. The minimum atomic E-state index is -1.65. The Morgan fingerprint density at radius 2 is 1.31 bits per heavy atom. The molecule has 0 spiro atoms. The van der Waals surface area contributed by atoms with Crippen molar-refractivity contribution < 1.29 is 54.3 Å². The third-order valence-corrected chi connectivity index (χ3v) is 7.76. The van der Waals surface area contributed by atoms with Crippen molar-refractivity contribution in [1.29, 1.82) is 0 Å². The number of unbranched alkanes of at least 4 members (excludes halogenated alkanes) is 3. The monoisotopic (exact) mass is 568 g/mol. The van der Waals surface area contributed by atoms with E-state index in [1.807, 2.05) is 0 Å². The van der Waals surface area contributed by atoms with Crippen LogP contribution in [0.25, 0.3) is 0 Å². The van der Waals surface area contributed by atoms with Gasteiger partial charge >= 0.3 is 0 Å². The van der Waals surface area contributed by atoms with Crippen molar-refractivity contribution in [1.82, 2.24) is 0 Å². The van der Waals surface area contributed by atoms with Gasteiger partial charge in [0.25, 0.3) is 0 Å². The predicted octanol–water partition coefficient (Wildman–Crippen LogP) is -4.69. The summed E-state index contributed by atoms with van der Waals surface area (Å²) in [5, 5.41) is 62.5. The summed E-state index contributed by atoms with van der Waals surface area (Å²) >= 11 is 0. The second-order valence-corrected chi connectivity index (χ2v) is 10.7. The van der Waals surface area contributed by atoms with E-state index in [9.17, 15) is 30.6 Å². The van der Waals surface area contributed by atoms with E-state index in [4.69, 9.17) is 46.6 Å². The minimum absolute atomic E-state index is 0.114. The van der Waals surface area contributed by atoms with Crippen LogP contribution < -0.4 is 22.9 Å². The van der Waals surface area contributed by atoms with E-state index in [2.05, 4.69) is 6.92 Å². The molecule has 230 valence electrons. The number of aliphatic hydroxyl groups excluding tert-OH is 6. The summed E-state index contributed by atoms with van der Waals surface area (Å²) in [7, 11) is 0. The van der Waals surface area contributed by atoms with Gasteiger partial charge in [0.15, 0.2) is 12.6 Å². The van der Waals surface area contributed by atoms with Gasteiger partial charge in [0, 0.05) is 25.2 Å². The highest BCUT2D eigenvalue weighted by atomic mass is 16.7. The molecule has 0 aromatic heterocycles. The van der Waals surface area contributed by atoms with Crippen LogP contribution in [0.3, 0.4) is 0 Å². The van der Waals surface area contributed by atoms with Crippen molar-refractivity contribution in [2.24, 2.45) is 22.9 Å². The Hall–Kier alpha value is -0.600. The molecule has 2 heterocycles. The molecule has 0 amide bonds. The molecule has 2 aliphatic heterocycles. The van der Waals surface area contributed by atoms with Gasteiger partial charge in [-0.1, -0.05) is 26.2 Å². The quantitative estimate of drug-likeness (QED) is 0.0991. The Morgan fingerprint density at radius 1 is 0.718 bits per heavy atom. The number of hydrogen-bond acceptors (Lipinski definition) is 15. The zero-order chi connectivity index (χ0) is 28.9. The van der Waals surface area contributed by atoms with E-state index in [0.29, 0.717) is 6.61 Å². The van der Waals surface area contributed by atoms with E-state index in [-0.39, 0.29) is 13.0 Å². The van der Waals surface area contributed by atoms with Crippen LogP contribution in [0.15, 0.2) is 0 Å². The molecule has 15 nitrogen and oxygen atoms in total. The molecule has 14 N–H and O–H groups in total. The van der Waals surface area contributed by atoms with Crippen LogP contribution in [0.2, 0.25) is 0 Å². The maximum absolute atomic E-state index is 11.1. The largest absolute Gasteiger partial charge is 0.394 e. The van der Waals surface area contributed by atoms with E-state index < -0.39 is 98.4 Å². The van der Waals surface area contributed by atoms with Gasteiger partial charge in [0.1, 0.15) is 61.0 Å². The van der Waals surface area contributed by atoms with E-state index in [1.54, 1.807) is 0 Å². The molecule has 0 radical (unpaired) electrons. The highest BCUT2D eigenvalue weighted by Gasteiger charge is 2.51. The van der Waals surface area contributed by atoms with Gasteiger partial charge in [-0.05, 0) is 12.8 Å². The molecular weight excluding hydrogens is 520 g/mol. The third-order valence-electron chi connectivity index (χ3n) is 7.76. The molecular formula is C24H48N4O11. The lowest BCUT2D eigenvalue weighted by molar-refractivity contribution is -0.333. The summed E-state index contributed by atoms with van der Waals surface area (Å²) in [6, 6.07) is -2.57. The van der Waals surface area contributed by atoms with Crippen LogP contribution in [-0.4, -0.2) is 142 Å². The Morgan fingerprint density at radius 3 is 1.87 bits per heavy atom. The molecule has 1 aliphatic carbocycles. The first-order valence-corrected chi connectivity index (χ1v) is 13.8. The smallest absolute Gasteiger partial charge is 0.187 e. The molecule has 1 saturated carbocycles. The number of aliphatic hydroxyl groups is 6. The Balaban J connectivity index is 1.66. The molecule has 0 aromatic rings. The van der Waals surface area contributed by atoms with Gasteiger partial charge in [-0.25, -0.2) is 0 Å². The summed E-state index contributed by atoms with van der Waals surface area (Å²) in [6.07, 6.45) is -11.3. The molecule has 3 aliphatic rings. The van der Waals surface area contributed by atoms with Crippen LogP contribution in [0.4, 0.5) is 0 Å². The summed E-state index contributed by atoms with van der Waals surface area (Å²) in [6.45, 7) is 1.89. The fourth-order valence-electron chi connectivity index (χ4n) is 5.35. The molecule has 0 aromatic carbocycles. The summed E-state index contributed by atoms with van der Waals surface area (Å²) < 4.78 is 28.8. The van der Waals surface area contributed by atoms with Gasteiger partial charge in [-0.2, -0.15) is 0 Å².